The molecule has 26 heavy (non-hydrogen) atoms. The van der Waals surface area contributed by atoms with Crippen molar-refractivity contribution in [1.82, 2.24) is 4.72 Å². The molecule has 2 aromatic rings. The van der Waals surface area contributed by atoms with E-state index in [2.05, 4.69) is 10.0 Å². The summed E-state index contributed by atoms with van der Waals surface area (Å²) >= 11 is 1.58. The standard InChI is InChI=1S/C18H24N2O4S2/c1-5-18(21)20-14-7-9-17(12(2)10-14)26(22,23)19-11-15(24-4)16-8-6-13(3)25-16/h6-10,15,19H,5,11H2,1-4H3,(H,20,21). The fourth-order valence-electron chi connectivity index (χ4n) is 2.47. The van der Waals surface area contributed by atoms with Crippen LogP contribution in [-0.2, 0) is 19.6 Å². The van der Waals surface area contributed by atoms with E-state index in [0.29, 0.717) is 17.7 Å². The quantitative estimate of drug-likeness (QED) is 0.716. The molecule has 8 heteroatoms. The van der Waals surface area contributed by atoms with Crippen LogP contribution in [0.3, 0.4) is 0 Å². The topological polar surface area (TPSA) is 84.5 Å². The van der Waals surface area contributed by atoms with Gasteiger partial charge in [0.05, 0.1) is 4.90 Å². The van der Waals surface area contributed by atoms with Gasteiger partial charge in [0.15, 0.2) is 0 Å². The molecule has 0 saturated heterocycles. The van der Waals surface area contributed by atoms with E-state index in [1.807, 2.05) is 19.1 Å². The average molecular weight is 397 g/mol. The number of anilines is 1. The van der Waals surface area contributed by atoms with Gasteiger partial charge in [-0.05, 0) is 49.7 Å². The molecular formula is C18H24N2O4S2. The van der Waals surface area contributed by atoms with Crippen molar-refractivity contribution in [2.24, 2.45) is 0 Å². The number of thiophene rings is 1. The average Bonchev–Trinajstić information content (AvgIpc) is 3.01. The van der Waals surface area contributed by atoms with E-state index in [4.69, 9.17) is 4.74 Å². The van der Waals surface area contributed by atoms with Crippen LogP contribution >= 0.6 is 11.3 Å². The number of ether oxygens (including phenoxy) is 1. The van der Waals surface area contributed by atoms with Crippen LogP contribution in [0.15, 0.2) is 35.2 Å². The Bertz CT molecular complexity index is 875. The lowest BCUT2D eigenvalue weighted by molar-refractivity contribution is -0.115. The lowest BCUT2D eigenvalue weighted by Crippen LogP contribution is -2.29. The number of hydrogen-bond donors (Lipinski definition) is 2. The van der Waals surface area contributed by atoms with Gasteiger partial charge in [0.2, 0.25) is 15.9 Å². The van der Waals surface area contributed by atoms with Gasteiger partial charge in [-0.3, -0.25) is 4.79 Å². The Morgan fingerprint density at radius 2 is 1.96 bits per heavy atom. The number of carbonyl (C=O) groups is 1. The van der Waals surface area contributed by atoms with Crippen LogP contribution in [-0.4, -0.2) is 28.0 Å². The second-order valence-corrected chi connectivity index (χ2v) is 8.96. The molecule has 2 rings (SSSR count). The molecule has 1 amide bonds. The maximum Gasteiger partial charge on any atom is 0.240 e. The highest BCUT2D eigenvalue weighted by Crippen LogP contribution is 2.25. The monoisotopic (exact) mass is 396 g/mol. The van der Waals surface area contributed by atoms with Gasteiger partial charge < -0.3 is 10.1 Å². The van der Waals surface area contributed by atoms with E-state index in [9.17, 15) is 13.2 Å². The van der Waals surface area contributed by atoms with E-state index in [-0.39, 0.29) is 23.5 Å². The Hall–Kier alpha value is -1.74. The summed E-state index contributed by atoms with van der Waals surface area (Å²) in [5.74, 6) is -0.118. The van der Waals surface area contributed by atoms with Crippen LogP contribution < -0.4 is 10.0 Å². The lowest BCUT2D eigenvalue weighted by Gasteiger charge is -2.16. The summed E-state index contributed by atoms with van der Waals surface area (Å²) in [6, 6.07) is 8.66. The first-order valence-electron chi connectivity index (χ1n) is 8.26. The molecule has 0 aliphatic heterocycles. The Labute approximate surface area is 158 Å². The molecular weight excluding hydrogens is 372 g/mol. The molecule has 6 nitrogen and oxygen atoms in total. The lowest BCUT2D eigenvalue weighted by atomic mass is 10.2. The van der Waals surface area contributed by atoms with Gasteiger partial charge >= 0.3 is 0 Å². The maximum absolute atomic E-state index is 12.6. The molecule has 1 aromatic heterocycles. The first-order chi connectivity index (χ1) is 12.3. The molecule has 0 spiro atoms. The third-order valence-electron chi connectivity index (χ3n) is 3.89. The predicted molar refractivity (Wildman–Crippen MR) is 104 cm³/mol. The number of amides is 1. The zero-order valence-corrected chi connectivity index (χ0v) is 17.0. The van der Waals surface area contributed by atoms with Crippen molar-refractivity contribution in [2.75, 3.05) is 19.0 Å². The second-order valence-electron chi connectivity index (χ2n) is 5.91. The van der Waals surface area contributed by atoms with Gasteiger partial charge in [0.25, 0.3) is 0 Å². The first kappa shape index (κ1) is 20.6. The number of aryl methyl sites for hydroxylation is 2. The highest BCUT2D eigenvalue weighted by molar-refractivity contribution is 7.89. The Kier molecular flexibility index (Phi) is 6.94. The third-order valence-corrected chi connectivity index (χ3v) is 6.57. The summed E-state index contributed by atoms with van der Waals surface area (Å²) < 4.78 is 33.3. The van der Waals surface area contributed by atoms with E-state index >= 15 is 0 Å². The number of sulfonamides is 1. The number of carbonyl (C=O) groups excluding carboxylic acids is 1. The molecule has 1 atom stereocenters. The largest absolute Gasteiger partial charge is 0.375 e. The number of methoxy groups -OCH3 is 1. The molecule has 0 aliphatic rings. The molecule has 2 N–H and O–H groups in total. The number of nitrogens with one attached hydrogen (secondary N) is 2. The van der Waals surface area contributed by atoms with Crippen LogP contribution in [0.1, 0.15) is 34.8 Å². The summed E-state index contributed by atoms with van der Waals surface area (Å²) in [5, 5.41) is 2.72. The SMILES string of the molecule is CCC(=O)Nc1ccc(S(=O)(=O)NCC(OC)c2ccc(C)s2)c(C)c1. The van der Waals surface area contributed by atoms with Gasteiger partial charge in [0.1, 0.15) is 6.10 Å². The third kappa shape index (κ3) is 5.14. The number of benzene rings is 1. The molecule has 1 heterocycles. The Morgan fingerprint density at radius 3 is 2.50 bits per heavy atom. The molecule has 142 valence electrons. The van der Waals surface area contributed by atoms with Crippen molar-refractivity contribution < 1.29 is 17.9 Å². The number of rotatable bonds is 8. The number of hydrogen-bond acceptors (Lipinski definition) is 5. The first-order valence-corrected chi connectivity index (χ1v) is 10.6. The van der Waals surface area contributed by atoms with Crippen LogP contribution in [0.4, 0.5) is 5.69 Å². The van der Waals surface area contributed by atoms with Crippen molar-refractivity contribution in [2.45, 2.75) is 38.2 Å². The van der Waals surface area contributed by atoms with Gasteiger partial charge in [-0.1, -0.05) is 6.92 Å². The van der Waals surface area contributed by atoms with Crippen molar-refractivity contribution in [3.63, 3.8) is 0 Å². The fraction of sp³-hybridized carbons (Fsp3) is 0.389. The smallest absolute Gasteiger partial charge is 0.240 e. The highest BCUT2D eigenvalue weighted by atomic mass is 32.2. The Balaban J connectivity index is 2.12. The predicted octanol–water partition coefficient (Wildman–Crippen LogP) is 3.38. The minimum atomic E-state index is -3.69. The van der Waals surface area contributed by atoms with E-state index in [1.165, 1.54) is 6.07 Å². The van der Waals surface area contributed by atoms with Crippen molar-refractivity contribution in [1.29, 1.82) is 0 Å². The van der Waals surface area contributed by atoms with Crippen molar-refractivity contribution in [3.05, 3.63) is 45.6 Å². The maximum atomic E-state index is 12.6. The zero-order chi connectivity index (χ0) is 19.3. The van der Waals surface area contributed by atoms with Crippen LogP contribution in [0.5, 0.6) is 0 Å². The van der Waals surface area contributed by atoms with Crippen molar-refractivity contribution in [3.8, 4) is 0 Å². The second kappa shape index (κ2) is 8.77. The zero-order valence-electron chi connectivity index (χ0n) is 15.3. The molecule has 1 aromatic carbocycles. The summed E-state index contributed by atoms with van der Waals surface area (Å²) in [4.78, 5) is 13.8. The summed E-state index contributed by atoms with van der Waals surface area (Å²) in [6.45, 7) is 5.60. The minimum Gasteiger partial charge on any atom is -0.375 e. The van der Waals surface area contributed by atoms with Gasteiger partial charge in [-0.25, -0.2) is 13.1 Å². The van der Waals surface area contributed by atoms with Gasteiger partial charge in [0, 0.05) is 35.5 Å². The van der Waals surface area contributed by atoms with Crippen molar-refractivity contribution >= 4 is 33.0 Å². The minimum absolute atomic E-state index is 0.118. The summed E-state index contributed by atoms with van der Waals surface area (Å²) in [7, 11) is -2.13. The van der Waals surface area contributed by atoms with Crippen LogP contribution in [0.2, 0.25) is 0 Å². The molecule has 0 radical (unpaired) electrons. The molecule has 1 unspecified atom stereocenters. The van der Waals surface area contributed by atoms with Crippen LogP contribution in [0, 0.1) is 13.8 Å². The summed E-state index contributed by atoms with van der Waals surface area (Å²) in [5.41, 5.74) is 1.14. The van der Waals surface area contributed by atoms with Gasteiger partial charge in [-0.2, -0.15) is 0 Å². The van der Waals surface area contributed by atoms with E-state index < -0.39 is 10.0 Å². The van der Waals surface area contributed by atoms with E-state index in [0.717, 1.165) is 9.75 Å². The molecule has 0 fully saturated rings. The summed E-state index contributed by atoms with van der Waals surface area (Å²) in [6.07, 6.45) is 0.0215. The molecule has 0 aliphatic carbocycles. The molecule has 0 bridgehead atoms. The van der Waals surface area contributed by atoms with E-state index in [1.54, 1.807) is 44.4 Å². The fourth-order valence-corrected chi connectivity index (χ4v) is 4.68. The van der Waals surface area contributed by atoms with Gasteiger partial charge in [-0.15, -0.1) is 11.3 Å². The molecule has 0 saturated carbocycles. The Morgan fingerprint density at radius 1 is 1.23 bits per heavy atom. The normalized spacial score (nSPS) is 12.8. The highest BCUT2D eigenvalue weighted by Gasteiger charge is 2.21. The van der Waals surface area contributed by atoms with Crippen LogP contribution in [0.25, 0.3) is 0 Å².